The third kappa shape index (κ3) is 6.64. The van der Waals surface area contributed by atoms with E-state index < -0.39 is 36.1 Å². The fraction of sp³-hybridized carbons (Fsp3) is 0.538. The molecule has 4 heterocycles. The van der Waals surface area contributed by atoms with Gasteiger partial charge in [0.15, 0.2) is 11.8 Å². The van der Waals surface area contributed by atoms with Crippen molar-refractivity contribution in [2.45, 2.75) is 56.8 Å². The van der Waals surface area contributed by atoms with Crippen LogP contribution < -0.4 is 4.74 Å². The van der Waals surface area contributed by atoms with Crippen molar-refractivity contribution in [3.05, 3.63) is 35.4 Å². The smallest absolute Gasteiger partial charge is 0.301 e. The van der Waals surface area contributed by atoms with Gasteiger partial charge in [-0.1, -0.05) is 43.4 Å². The molecule has 1 aromatic carbocycles. The summed E-state index contributed by atoms with van der Waals surface area (Å²) < 4.78 is 41.9. The second-order valence-corrected chi connectivity index (χ2v) is 20.0. The molecule has 1 N–H and O–H groups in total. The molecule has 0 amide bonds. The number of fused-ring (bicyclic) bond motifs is 2. The van der Waals surface area contributed by atoms with Crippen LogP contribution in [0.1, 0.15) is 0 Å². The van der Waals surface area contributed by atoms with E-state index in [9.17, 15) is 9.32 Å². The van der Waals surface area contributed by atoms with Crippen LogP contribution in [0.4, 0.5) is 5.69 Å². The van der Waals surface area contributed by atoms with Crippen LogP contribution in [-0.2, 0) is 30.7 Å². The molecule has 13 heteroatoms. The molecule has 2 aromatic heterocycles. The van der Waals surface area contributed by atoms with Crippen LogP contribution in [0.3, 0.4) is 0 Å². The molecule has 3 aromatic rings. The number of imidazole rings is 1. The molecule has 10 nitrogen and oxygen atoms in total. The van der Waals surface area contributed by atoms with Gasteiger partial charge >= 0.3 is 6.01 Å². The topological polar surface area (TPSA) is 117 Å². The van der Waals surface area contributed by atoms with Crippen LogP contribution in [0.25, 0.3) is 22.4 Å². The Morgan fingerprint density at radius 2 is 1.87 bits per heavy atom. The van der Waals surface area contributed by atoms with E-state index in [-0.39, 0.29) is 26.0 Å². The first-order valence-electron chi connectivity index (χ1n) is 12.9. The zero-order valence-electron chi connectivity index (χ0n) is 22.8. The SMILES string of the molecule is C[Si](C)(C)CCOCn1c(O[C@@H]2CO[C@H]3[C@@H]2OC[C@H]3O)nc2cc(Cl)c(-c3ccc(N=S(C)(C)=O)cc3)nc21. The number of benzene rings is 1. The monoisotopic (exact) mass is 594 g/mol. The molecule has 4 atom stereocenters. The molecule has 0 aliphatic carbocycles. The number of hydrogen-bond donors (Lipinski definition) is 1. The first kappa shape index (κ1) is 28.5. The van der Waals surface area contributed by atoms with E-state index in [1.54, 1.807) is 35.3 Å². The highest BCUT2D eigenvalue weighted by molar-refractivity contribution is 7.92. The van der Waals surface area contributed by atoms with E-state index in [4.69, 9.17) is 35.5 Å². The maximum atomic E-state index is 12.1. The quantitative estimate of drug-likeness (QED) is 0.287. The third-order valence-electron chi connectivity index (χ3n) is 6.56. The summed E-state index contributed by atoms with van der Waals surface area (Å²) in [6.07, 6.45) is 1.30. The zero-order valence-corrected chi connectivity index (χ0v) is 25.4. The lowest BCUT2D eigenvalue weighted by Gasteiger charge is -2.19. The molecule has 0 unspecified atom stereocenters. The number of rotatable bonds is 9. The van der Waals surface area contributed by atoms with Gasteiger partial charge in [-0.2, -0.15) is 9.35 Å². The molecule has 2 aliphatic heterocycles. The van der Waals surface area contributed by atoms with Crippen LogP contribution in [0, 0.1) is 0 Å². The number of aromatic nitrogens is 3. The molecule has 2 aliphatic rings. The summed E-state index contributed by atoms with van der Waals surface area (Å²) in [7, 11) is -3.54. The maximum Gasteiger partial charge on any atom is 0.301 e. The normalized spacial score (nSPS) is 23.4. The van der Waals surface area contributed by atoms with Gasteiger partial charge in [-0.05, 0) is 24.2 Å². The van der Waals surface area contributed by atoms with Crippen LogP contribution in [0.2, 0.25) is 30.7 Å². The van der Waals surface area contributed by atoms with Crippen molar-refractivity contribution in [1.29, 1.82) is 0 Å². The molecule has 2 fully saturated rings. The van der Waals surface area contributed by atoms with Gasteiger partial charge in [0.2, 0.25) is 0 Å². The first-order chi connectivity index (χ1) is 18.4. The number of aliphatic hydroxyl groups is 1. The average molecular weight is 595 g/mol. The molecule has 0 saturated carbocycles. The van der Waals surface area contributed by atoms with Gasteiger partial charge in [-0.25, -0.2) is 9.19 Å². The number of pyridine rings is 1. The molecule has 0 bridgehead atoms. The number of halogens is 1. The molecule has 5 rings (SSSR count). The number of nitrogens with zero attached hydrogens (tertiary/aromatic N) is 4. The lowest BCUT2D eigenvalue weighted by molar-refractivity contribution is 0.00336. The molecular weight excluding hydrogens is 560 g/mol. The highest BCUT2D eigenvalue weighted by Crippen LogP contribution is 2.34. The maximum absolute atomic E-state index is 12.1. The fourth-order valence-electron chi connectivity index (χ4n) is 4.56. The highest BCUT2D eigenvalue weighted by Gasteiger charge is 2.49. The Morgan fingerprint density at radius 1 is 1.15 bits per heavy atom. The summed E-state index contributed by atoms with van der Waals surface area (Å²) in [5.41, 5.74) is 3.12. The van der Waals surface area contributed by atoms with Crippen molar-refractivity contribution in [2.24, 2.45) is 4.36 Å². The van der Waals surface area contributed by atoms with Crippen molar-refractivity contribution in [3.63, 3.8) is 0 Å². The number of hydrogen-bond acceptors (Lipinski definition) is 9. The predicted molar refractivity (Wildman–Crippen MR) is 154 cm³/mol. The van der Waals surface area contributed by atoms with E-state index in [1.807, 2.05) is 12.1 Å². The first-order valence-corrected chi connectivity index (χ1v) is 19.3. The molecule has 39 heavy (non-hydrogen) atoms. The standard InChI is InChI=1S/C26H35ClN4O6SSi/c1-38(2,33)30-17-8-6-16(7-9-17)22-18(27)12-19-25(29-22)31(15-34-10-11-39(3,4)5)26(28-19)37-21-14-36-23-20(32)13-35-24(21)23/h6-9,12,20-21,23-24,32H,10-11,13-15H2,1-5H3/t20-,21-,23-,24-/m1/s1. The van der Waals surface area contributed by atoms with Crippen molar-refractivity contribution in [3.8, 4) is 17.3 Å². The largest absolute Gasteiger partial charge is 0.456 e. The van der Waals surface area contributed by atoms with Gasteiger partial charge in [-0.3, -0.25) is 4.57 Å². The van der Waals surface area contributed by atoms with Crippen molar-refractivity contribution in [1.82, 2.24) is 14.5 Å². The second-order valence-electron chi connectivity index (χ2n) is 11.5. The third-order valence-corrected chi connectivity index (χ3v) is 9.20. The Labute approximate surface area is 234 Å². The average Bonchev–Trinajstić information content (AvgIpc) is 3.51. The molecular formula is C26H35ClN4O6SSi. The van der Waals surface area contributed by atoms with Crippen molar-refractivity contribution < 1.29 is 28.3 Å². The van der Waals surface area contributed by atoms with E-state index in [1.165, 1.54) is 0 Å². The van der Waals surface area contributed by atoms with Gasteiger partial charge in [0.1, 0.15) is 30.6 Å². The summed E-state index contributed by atoms with van der Waals surface area (Å²) in [5, 5.41) is 10.5. The lowest BCUT2D eigenvalue weighted by atomic mass is 10.1. The van der Waals surface area contributed by atoms with E-state index in [2.05, 4.69) is 29.0 Å². The van der Waals surface area contributed by atoms with Gasteiger partial charge in [0.05, 0.1) is 29.6 Å². The minimum absolute atomic E-state index is 0.203. The van der Waals surface area contributed by atoms with Crippen LogP contribution in [-0.4, -0.2) is 88.7 Å². The predicted octanol–water partition coefficient (Wildman–Crippen LogP) is 4.33. The van der Waals surface area contributed by atoms with Gasteiger partial charge in [-0.15, -0.1) is 0 Å². The van der Waals surface area contributed by atoms with Crippen LogP contribution in [0.15, 0.2) is 34.7 Å². The van der Waals surface area contributed by atoms with Crippen molar-refractivity contribution in [2.75, 3.05) is 32.3 Å². The van der Waals surface area contributed by atoms with Crippen LogP contribution in [0.5, 0.6) is 6.01 Å². The van der Waals surface area contributed by atoms with Crippen LogP contribution >= 0.6 is 11.6 Å². The summed E-state index contributed by atoms with van der Waals surface area (Å²) in [6, 6.07) is 10.4. The summed E-state index contributed by atoms with van der Waals surface area (Å²) in [5.74, 6) is 0. The summed E-state index contributed by atoms with van der Waals surface area (Å²) >= 11 is 6.67. The summed E-state index contributed by atoms with van der Waals surface area (Å²) in [4.78, 5) is 9.57. The van der Waals surface area contributed by atoms with Gasteiger partial charge in [0.25, 0.3) is 0 Å². The van der Waals surface area contributed by atoms with Gasteiger partial charge < -0.3 is 24.1 Å². The Hall–Kier alpha value is -2.06. The Bertz CT molecular complexity index is 1460. The minimum Gasteiger partial charge on any atom is -0.456 e. The minimum atomic E-state index is -2.27. The number of aliphatic hydroxyl groups excluding tert-OH is 1. The van der Waals surface area contributed by atoms with E-state index >= 15 is 0 Å². The molecule has 0 radical (unpaired) electrons. The zero-order chi connectivity index (χ0) is 27.9. The molecule has 212 valence electrons. The van der Waals surface area contributed by atoms with E-state index in [0.717, 1.165) is 11.6 Å². The van der Waals surface area contributed by atoms with Crippen molar-refractivity contribution >= 4 is 46.3 Å². The second kappa shape index (κ2) is 11.1. The van der Waals surface area contributed by atoms with E-state index in [0.29, 0.717) is 40.2 Å². The lowest BCUT2D eigenvalue weighted by Crippen LogP contribution is -2.35. The molecule has 2 saturated heterocycles. The Kier molecular flexibility index (Phi) is 8.08. The Balaban J connectivity index is 1.48. The number of ether oxygens (including phenoxy) is 4. The molecule has 0 spiro atoms. The fourth-order valence-corrected chi connectivity index (χ4v) is 6.20. The highest BCUT2D eigenvalue weighted by atomic mass is 35.5. The summed E-state index contributed by atoms with van der Waals surface area (Å²) in [6.45, 7) is 8.23. The van der Waals surface area contributed by atoms with Gasteiger partial charge in [0, 0.05) is 42.5 Å². The Morgan fingerprint density at radius 3 is 2.56 bits per heavy atom.